The highest BCUT2D eigenvalue weighted by Gasteiger charge is 2.33. The summed E-state index contributed by atoms with van der Waals surface area (Å²) in [7, 11) is 0. The van der Waals surface area contributed by atoms with Crippen molar-refractivity contribution in [2.75, 3.05) is 32.7 Å². The van der Waals surface area contributed by atoms with Crippen LogP contribution in [0.4, 0.5) is 0 Å². The van der Waals surface area contributed by atoms with E-state index in [9.17, 15) is 5.11 Å². The van der Waals surface area contributed by atoms with Gasteiger partial charge in [-0.1, -0.05) is 20.3 Å². The van der Waals surface area contributed by atoms with E-state index in [0.29, 0.717) is 0 Å². The summed E-state index contributed by atoms with van der Waals surface area (Å²) in [6.07, 6.45) is 5.27. The second-order valence-electron chi connectivity index (χ2n) is 6.94. The summed E-state index contributed by atoms with van der Waals surface area (Å²) in [6, 6.07) is 0.773. The van der Waals surface area contributed by atoms with Gasteiger partial charge in [0.2, 0.25) is 0 Å². The average molecular weight is 254 g/mol. The third-order valence-electron chi connectivity index (χ3n) is 4.92. The molecule has 2 saturated heterocycles. The van der Waals surface area contributed by atoms with Crippen LogP contribution >= 0.6 is 0 Å². The van der Waals surface area contributed by atoms with Crippen molar-refractivity contribution in [1.82, 2.24) is 9.80 Å². The number of rotatable bonds is 4. The first-order chi connectivity index (χ1) is 8.49. The molecule has 3 nitrogen and oxygen atoms in total. The normalized spacial score (nSPS) is 29.7. The number of aliphatic hydroxyl groups is 1. The third kappa shape index (κ3) is 3.46. The lowest BCUT2D eigenvalue weighted by Gasteiger charge is -2.35. The largest absolute Gasteiger partial charge is 0.393 e. The highest BCUT2D eigenvalue weighted by atomic mass is 16.3. The highest BCUT2D eigenvalue weighted by Crippen LogP contribution is 2.26. The Morgan fingerprint density at radius 3 is 2.44 bits per heavy atom. The van der Waals surface area contributed by atoms with Gasteiger partial charge in [0.05, 0.1) is 6.10 Å². The van der Waals surface area contributed by atoms with Crippen molar-refractivity contribution in [2.45, 2.75) is 58.6 Å². The molecule has 2 rings (SSSR count). The second-order valence-corrected chi connectivity index (χ2v) is 6.94. The Bertz CT molecular complexity index is 259. The van der Waals surface area contributed by atoms with Crippen LogP contribution in [0.25, 0.3) is 0 Å². The minimum Gasteiger partial charge on any atom is -0.393 e. The van der Waals surface area contributed by atoms with E-state index in [1.165, 1.54) is 51.9 Å². The van der Waals surface area contributed by atoms with Gasteiger partial charge in [-0.3, -0.25) is 4.90 Å². The Morgan fingerprint density at radius 2 is 1.83 bits per heavy atom. The van der Waals surface area contributed by atoms with Crippen LogP contribution in [-0.4, -0.2) is 59.8 Å². The zero-order chi connectivity index (χ0) is 13.2. The van der Waals surface area contributed by atoms with Gasteiger partial charge in [-0.2, -0.15) is 0 Å². The van der Waals surface area contributed by atoms with Gasteiger partial charge < -0.3 is 10.0 Å². The lowest BCUT2D eigenvalue weighted by Crippen LogP contribution is -2.43. The molecule has 1 N–H and O–H groups in total. The molecular formula is C15H30N2O. The monoisotopic (exact) mass is 254 g/mol. The number of piperidine rings is 1. The summed E-state index contributed by atoms with van der Waals surface area (Å²) in [6.45, 7) is 12.3. The van der Waals surface area contributed by atoms with Crippen molar-refractivity contribution in [1.29, 1.82) is 0 Å². The summed E-state index contributed by atoms with van der Waals surface area (Å²) < 4.78 is 0. The van der Waals surface area contributed by atoms with Gasteiger partial charge >= 0.3 is 0 Å². The smallest absolute Gasteiger partial charge is 0.0575 e. The molecule has 18 heavy (non-hydrogen) atoms. The van der Waals surface area contributed by atoms with Gasteiger partial charge in [-0.05, 0) is 45.8 Å². The zero-order valence-corrected chi connectivity index (χ0v) is 12.4. The maximum Gasteiger partial charge on any atom is 0.0575 e. The minimum absolute atomic E-state index is 0.0107. The first-order valence-corrected chi connectivity index (χ1v) is 7.63. The van der Waals surface area contributed by atoms with Crippen LogP contribution in [0.15, 0.2) is 0 Å². The number of hydrogen-bond acceptors (Lipinski definition) is 3. The fraction of sp³-hybridized carbons (Fsp3) is 1.00. The van der Waals surface area contributed by atoms with Crippen LogP contribution in [0.1, 0.15) is 46.5 Å². The van der Waals surface area contributed by atoms with Crippen molar-refractivity contribution in [2.24, 2.45) is 5.41 Å². The SMILES string of the molecule is CC(O)C(C)(C)CN1CCC(N2CCCCC2)C1. The molecule has 2 aliphatic rings. The van der Waals surface area contributed by atoms with E-state index >= 15 is 0 Å². The first kappa shape index (κ1) is 14.3. The molecular weight excluding hydrogens is 224 g/mol. The van der Waals surface area contributed by atoms with E-state index in [-0.39, 0.29) is 11.5 Å². The van der Waals surface area contributed by atoms with Crippen LogP contribution in [0.2, 0.25) is 0 Å². The van der Waals surface area contributed by atoms with E-state index in [2.05, 4.69) is 23.6 Å². The molecule has 106 valence electrons. The van der Waals surface area contributed by atoms with Crippen LogP contribution in [0, 0.1) is 5.41 Å². The quantitative estimate of drug-likeness (QED) is 0.831. The molecule has 2 atom stereocenters. The molecule has 0 saturated carbocycles. The van der Waals surface area contributed by atoms with Gasteiger partial charge in [-0.25, -0.2) is 0 Å². The molecule has 0 aromatic heterocycles. The summed E-state index contributed by atoms with van der Waals surface area (Å²) in [5, 5.41) is 9.82. The van der Waals surface area contributed by atoms with E-state index < -0.39 is 0 Å². The molecule has 2 unspecified atom stereocenters. The Hall–Kier alpha value is -0.120. The summed E-state index contributed by atoms with van der Waals surface area (Å²) in [4.78, 5) is 5.24. The molecule has 0 aliphatic carbocycles. The second kappa shape index (κ2) is 5.89. The number of aliphatic hydroxyl groups excluding tert-OH is 1. The van der Waals surface area contributed by atoms with E-state index in [1.807, 2.05) is 6.92 Å². The molecule has 2 aliphatic heterocycles. The molecule has 0 radical (unpaired) electrons. The van der Waals surface area contributed by atoms with Gasteiger partial charge in [-0.15, -0.1) is 0 Å². The molecule has 2 heterocycles. The third-order valence-corrected chi connectivity index (χ3v) is 4.92. The topological polar surface area (TPSA) is 26.7 Å². The predicted molar refractivity (Wildman–Crippen MR) is 75.7 cm³/mol. The number of nitrogens with zero attached hydrogens (tertiary/aromatic N) is 2. The minimum atomic E-state index is -0.230. The molecule has 0 aromatic rings. The van der Waals surface area contributed by atoms with Crippen molar-refractivity contribution < 1.29 is 5.11 Å². The van der Waals surface area contributed by atoms with Crippen molar-refractivity contribution in [3.05, 3.63) is 0 Å². The zero-order valence-electron chi connectivity index (χ0n) is 12.4. The van der Waals surface area contributed by atoms with Crippen LogP contribution in [0.3, 0.4) is 0 Å². The molecule has 0 aromatic carbocycles. The van der Waals surface area contributed by atoms with Crippen molar-refractivity contribution in [3.8, 4) is 0 Å². The van der Waals surface area contributed by atoms with Gasteiger partial charge in [0.15, 0.2) is 0 Å². The highest BCUT2D eigenvalue weighted by molar-refractivity contribution is 4.88. The fourth-order valence-electron chi connectivity index (χ4n) is 3.25. The Labute approximate surface area is 112 Å². The van der Waals surface area contributed by atoms with E-state index in [4.69, 9.17) is 0 Å². The van der Waals surface area contributed by atoms with E-state index in [1.54, 1.807) is 0 Å². The fourth-order valence-corrected chi connectivity index (χ4v) is 3.25. The predicted octanol–water partition coefficient (Wildman–Crippen LogP) is 1.95. The first-order valence-electron chi connectivity index (χ1n) is 7.63. The Kier molecular flexibility index (Phi) is 4.68. The molecule has 0 spiro atoms. The van der Waals surface area contributed by atoms with Gasteiger partial charge in [0, 0.05) is 24.5 Å². The number of likely N-dealkylation sites (tertiary alicyclic amines) is 2. The standard InChI is InChI=1S/C15H30N2O/c1-13(18)15(2,3)12-16-10-7-14(11-16)17-8-5-4-6-9-17/h13-14,18H,4-12H2,1-3H3. The van der Waals surface area contributed by atoms with E-state index in [0.717, 1.165) is 12.6 Å². The van der Waals surface area contributed by atoms with Crippen LogP contribution in [0.5, 0.6) is 0 Å². The summed E-state index contributed by atoms with van der Waals surface area (Å²) in [5.74, 6) is 0. The molecule has 2 fully saturated rings. The van der Waals surface area contributed by atoms with Crippen molar-refractivity contribution in [3.63, 3.8) is 0 Å². The summed E-state index contributed by atoms with van der Waals surface area (Å²) >= 11 is 0. The Morgan fingerprint density at radius 1 is 1.17 bits per heavy atom. The van der Waals surface area contributed by atoms with Crippen molar-refractivity contribution >= 4 is 0 Å². The molecule has 0 bridgehead atoms. The van der Waals surface area contributed by atoms with Gasteiger partial charge in [0.25, 0.3) is 0 Å². The van der Waals surface area contributed by atoms with Crippen LogP contribution in [-0.2, 0) is 0 Å². The molecule has 0 amide bonds. The number of hydrogen-bond donors (Lipinski definition) is 1. The molecule has 3 heteroatoms. The maximum atomic E-state index is 9.82. The summed E-state index contributed by atoms with van der Waals surface area (Å²) in [5.41, 5.74) is 0.0107. The van der Waals surface area contributed by atoms with Gasteiger partial charge in [0.1, 0.15) is 0 Å². The van der Waals surface area contributed by atoms with Crippen LogP contribution < -0.4 is 0 Å². The lowest BCUT2D eigenvalue weighted by atomic mass is 9.87. The average Bonchev–Trinajstić information content (AvgIpc) is 2.78. The lowest BCUT2D eigenvalue weighted by molar-refractivity contribution is 0.0379. The maximum absolute atomic E-state index is 9.82. The Balaban J connectivity index is 1.81.